The average molecular weight is 151 g/mol. The van der Waals surface area contributed by atoms with E-state index in [1.165, 1.54) is 0 Å². The molecule has 5 heteroatoms. The summed E-state index contributed by atoms with van der Waals surface area (Å²) in [4.78, 5) is 13.4. The van der Waals surface area contributed by atoms with Crippen LogP contribution in [0.5, 0.6) is 0 Å². The third kappa shape index (κ3) is 27.2. The molecule has 0 saturated heterocycles. The van der Waals surface area contributed by atoms with Crippen LogP contribution in [0.1, 0.15) is 20.8 Å². The van der Waals surface area contributed by atoms with Gasteiger partial charge >= 0.3 is 0 Å². The Bertz CT molecular complexity index is 83.7. The Balaban J connectivity index is 0. The summed E-state index contributed by atoms with van der Waals surface area (Å²) in [5.74, 6) is 0. The first-order chi connectivity index (χ1) is 4.54. The van der Waals surface area contributed by atoms with Gasteiger partial charge in [-0.1, -0.05) is 0 Å². The van der Waals surface area contributed by atoms with Gasteiger partial charge in [-0.15, -0.1) is 10.1 Å². The lowest BCUT2D eigenvalue weighted by molar-refractivity contribution is -0.766. The van der Waals surface area contributed by atoms with Crippen LogP contribution >= 0.6 is 0 Å². The minimum absolute atomic E-state index is 0.250. The van der Waals surface area contributed by atoms with Gasteiger partial charge in [0.15, 0.2) is 0 Å². The van der Waals surface area contributed by atoms with E-state index < -0.39 is 5.09 Å². The lowest BCUT2D eigenvalue weighted by atomic mass is 10.5. The maximum absolute atomic E-state index is 9.39. The van der Waals surface area contributed by atoms with E-state index in [-0.39, 0.29) is 12.7 Å². The van der Waals surface area contributed by atoms with Crippen molar-refractivity contribution in [3.05, 3.63) is 10.1 Å². The summed E-state index contributed by atoms with van der Waals surface area (Å²) in [6, 6.07) is 0. The zero-order valence-corrected chi connectivity index (χ0v) is 6.40. The second-order valence-electron chi connectivity index (χ2n) is 1.69. The molecule has 0 aromatic carbocycles. The zero-order valence-electron chi connectivity index (χ0n) is 6.40. The van der Waals surface area contributed by atoms with Crippen LogP contribution in [0, 0.1) is 10.1 Å². The summed E-state index contributed by atoms with van der Waals surface area (Å²) in [5.41, 5.74) is 0. The molecule has 0 heterocycles. The highest BCUT2D eigenvalue weighted by Crippen LogP contribution is 1.84. The maximum Gasteiger partial charge on any atom is 0.294 e. The minimum atomic E-state index is -0.801. The largest absolute Gasteiger partial charge is 0.397 e. The first-order valence-corrected chi connectivity index (χ1v) is 2.96. The Morgan fingerprint density at radius 3 is 2.00 bits per heavy atom. The summed E-state index contributed by atoms with van der Waals surface area (Å²) >= 11 is 0. The van der Waals surface area contributed by atoms with E-state index in [1.54, 1.807) is 20.8 Å². The van der Waals surface area contributed by atoms with E-state index in [9.17, 15) is 10.1 Å². The molecule has 0 atom stereocenters. The molecule has 1 N–H and O–H groups in total. The van der Waals surface area contributed by atoms with Crippen LogP contribution in [-0.2, 0) is 4.84 Å². The topological polar surface area (TPSA) is 72.6 Å². The Hall–Kier alpha value is -0.840. The second kappa shape index (κ2) is 8.16. The normalized spacial score (nSPS) is 8.10. The molecular formula is C5H13NO4. The van der Waals surface area contributed by atoms with Crippen LogP contribution in [0.25, 0.3) is 0 Å². The lowest BCUT2D eigenvalue weighted by Gasteiger charge is -1.97. The average Bonchev–Trinajstić information content (AvgIpc) is 1.62. The molecule has 0 aromatic heterocycles. The van der Waals surface area contributed by atoms with Gasteiger partial charge in [0, 0.05) is 6.61 Å². The molecule has 0 amide bonds. The van der Waals surface area contributed by atoms with Gasteiger partial charge in [0.2, 0.25) is 0 Å². The van der Waals surface area contributed by atoms with Crippen molar-refractivity contribution in [3.63, 3.8) is 0 Å². The van der Waals surface area contributed by atoms with Gasteiger partial charge in [0.1, 0.15) is 6.10 Å². The Morgan fingerprint density at radius 2 is 2.00 bits per heavy atom. The van der Waals surface area contributed by atoms with Crippen LogP contribution < -0.4 is 0 Å². The van der Waals surface area contributed by atoms with Gasteiger partial charge in [-0.3, -0.25) is 0 Å². The van der Waals surface area contributed by atoms with Gasteiger partial charge in [-0.25, -0.2) is 0 Å². The second-order valence-corrected chi connectivity index (χ2v) is 1.69. The molecule has 0 radical (unpaired) electrons. The molecule has 0 bridgehead atoms. The quantitative estimate of drug-likeness (QED) is 0.463. The summed E-state index contributed by atoms with van der Waals surface area (Å²) < 4.78 is 0. The van der Waals surface area contributed by atoms with Gasteiger partial charge < -0.3 is 9.94 Å². The van der Waals surface area contributed by atoms with E-state index in [2.05, 4.69) is 4.84 Å². The fourth-order valence-electron chi connectivity index (χ4n) is 0.172. The molecule has 0 fully saturated rings. The third-order valence-electron chi connectivity index (χ3n) is 0.297. The number of hydrogen-bond donors (Lipinski definition) is 1. The van der Waals surface area contributed by atoms with Crippen LogP contribution in [0.4, 0.5) is 0 Å². The summed E-state index contributed by atoms with van der Waals surface area (Å²) in [7, 11) is 0. The van der Waals surface area contributed by atoms with E-state index >= 15 is 0 Å². The standard InChI is InChI=1S/C3H7NO3.C2H6O/c1-3(2)7-4(5)6;1-2-3/h3H,1-2H3;3H,2H2,1H3. The van der Waals surface area contributed by atoms with Crippen molar-refractivity contribution in [2.24, 2.45) is 0 Å². The highest BCUT2D eigenvalue weighted by molar-refractivity contribution is 4.25. The first kappa shape index (κ1) is 11.9. The highest BCUT2D eigenvalue weighted by atomic mass is 17.0. The van der Waals surface area contributed by atoms with Gasteiger partial charge in [-0.05, 0) is 20.8 Å². The molecule has 0 unspecified atom stereocenters. The molecule has 0 aliphatic heterocycles. The van der Waals surface area contributed by atoms with Gasteiger partial charge in [0.25, 0.3) is 5.09 Å². The molecule has 0 aliphatic carbocycles. The summed E-state index contributed by atoms with van der Waals surface area (Å²) in [6.45, 7) is 5.13. The SMILES string of the molecule is CC(C)O[N+](=O)[O-].CCO. The van der Waals surface area contributed by atoms with E-state index in [4.69, 9.17) is 5.11 Å². The Labute approximate surface area is 59.7 Å². The monoisotopic (exact) mass is 151 g/mol. The third-order valence-corrected chi connectivity index (χ3v) is 0.297. The number of rotatable bonds is 2. The fraction of sp³-hybridized carbons (Fsp3) is 1.00. The van der Waals surface area contributed by atoms with Gasteiger partial charge in [0.05, 0.1) is 0 Å². The summed E-state index contributed by atoms with van der Waals surface area (Å²) in [5, 5.41) is 16.2. The molecular weight excluding hydrogens is 138 g/mol. The molecule has 0 spiro atoms. The van der Waals surface area contributed by atoms with Crippen molar-refractivity contribution in [2.45, 2.75) is 26.9 Å². The van der Waals surface area contributed by atoms with E-state index in [0.29, 0.717) is 0 Å². The van der Waals surface area contributed by atoms with Crippen LogP contribution in [-0.4, -0.2) is 22.9 Å². The molecule has 0 saturated carbocycles. The molecule has 62 valence electrons. The molecule has 0 aromatic rings. The molecule has 5 nitrogen and oxygen atoms in total. The predicted molar refractivity (Wildman–Crippen MR) is 36.0 cm³/mol. The number of hydrogen-bond acceptors (Lipinski definition) is 4. The highest BCUT2D eigenvalue weighted by Gasteiger charge is 1.95. The number of aliphatic hydroxyl groups is 1. The maximum atomic E-state index is 9.39. The van der Waals surface area contributed by atoms with Crippen LogP contribution in [0.15, 0.2) is 0 Å². The first-order valence-electron chi connectivity index (χ1n) is 2.96. The smallest absolute Gasteiger partial charge is 0.294 e. The van der Waals surface area contributed by atoms with Crippen LogP contribution in [0.2, 0.25) is 0 Å². The van der Waals surface area contributed by atoms with Crippen molar-refractivity contribution in [3.8, 4) is 0 Å². The van der Waals surface area contributed by atoms with Crippen molar-refractivity contribution in [1.82, 2.24) is 0 Å². The van der Waals surface area contributed by atoms with Crippen LogP contribution in [0.3, 0.4) is 0 Å². The van der Waals surface area contributed by atoms with Crippen molar-refractivity contribution in [2.75, 3.05) is 6.61 Å². The fourth-order valence-corrected chi connectivity index (χ4v) is 0.172. The van der Waals surface area contributed by atoms with Crippen molar-refractivity contribution >= 4 is 0 Å². The summed E-state index contributed by atoms with van der Waals surface area (Å²) in [6.07, 6.45) is -0.324. The van der Waals surface area contributed by atoms with E-state index in [1.807, 2.05) is 0 Å². The predicted octanol–water partition coefficient (Wildman–Crippen LogP) is 0.602. The molecule has 0 rings (SSSR count). The molecule has 0 aliphatic rings. The van der Waals surface area contributed by atoms with Crippen molar-refractivity contribution in [1.29, 1.82) is 0 Å². The van der Waals surface area contributed by atoms with Crippen molar-refractivity contribution < 1.29 is 15.0 Å². The zero-order chi connectivity index (χ0) is 8.57. The van der Waals surface area contributed by atoms with Gasteiger partial charge in [-0.2, -0.15) is 0 Å². The Morgan fingerprint density at radius 1 is 1.70 bits per heavy atom. The number of aliphatic hydroxyl groups excluding tert-OH is 1. The lowest BCUT2D eigenvalue weighted by Crippen LogP contribution is -2.07. The molecule has 10 heavy (non-hydrogen) atoms. The van der Waals surface area contributed by atoms with E-state index in [0.717, 1.165) is 0 Å². The minimum Gasteiger partial charge on any atom is -0.397 e. The Kier molecular flexibility index (Phi) is 9.71. The number of nitrogens with zero attached hydrogens (tertiary/aromatic N) is 1.